The van der Waals surface area contributed by atoms with E-state index < -0.39 is 0 Å². The van der Waals surface area contributed by atoms with Crippen LogP contribution in [0.1, 0.15) is 139 Å². The maximum absolute atomic E-state index is 4.05. The molecule has 0 radical (unpaired) electrons. The molecule has 1 nitrogen and oxygen atoms in total. The zero-order valence-corrected chi connectivity index (χ0v) is 24.8. The number of hydrogen-bond donors (Lipinski definition) is 1. The van der Waals surface area contributed by atoms with Crippen molar-refractivity contribution < 1.29 is 0 Å². The van der Waals surface area contributed by atoms with Gasteiger partial charge >= 0.3 is 0 Å². The highest BCUT2D eigenvalue weighted by Crippen LogP contribution is 2.36. The Balaban J connectivity index is 0. The third kappa shape index (κ3) is 19.9. The molecule has 0 aromatic carbocycles. The van der Waals surface area contributed by atoms with Crippen molar-refractivity contribution in [2.24, 2.45) is 5.41 Å². The van der Waals surface area contributed by atoms with Gasteiger partial charge in [0.2, 0.25) is 0 Å². The van der Waals surface area contributed by atoms with Crippen molar-refractivity contribution in [1.29, 1.82) is 0 Å². The van der Waals surface area contributed by atoms with Crippen LogP contribution in [0.25, 0.3) is 0 Å². The Hall–Kier alpha value is -1.50. The molecule has 0 saturated carbocycles. The minimum Gasteiger partial charge on any atom is -0.385 e. The largest absolute Gasteiger partial charge is 0.385 e. The van der Waals surface area contributed by atoms with Gasteiger partial charge in [-0.3, -0.25) is 0 Å². The highest BCUT2D eigenvalue weighted by atomic mass is 14.9. The molecule has 0 aromatic heterocycles. The zero-order chi connectivity index (χ0) is 26.4. The Morgan fingerprint density at radius 2 is 1.50 bits per heavy atom. The monoisotopic (exact) mass is 471 g/mol. The van der Waals surface area contributed by atoms with Crippen molar-refractivity contribution >= 4 is 0 Å². The number of unbranched alkanes of at least 4 members (excludes halogenated alkanes) is 6. The highest BCUT2D eigenvalue weighted by molar-refractivity contribution is 5.27. The van der Waals surface area contributed by atoms with Crippen molar-refractivity contribution in [3.8, 4) is 0 Å². The molecule has 0 unspecified atom stereocenters. The Kier molecular flexibility index (Phi) is 22.4. The summed E-state index contributed by atoms with van der Waals surface area (Å²) < 4.78 is 0. The molecule has 2 aliphatic rings. The third-order valence-electron chi connectivity index (χ3n) is 5.92. The highest BCUT2D eigenvalue weighted by Gasteiger charge is 2.24. The molecule has 0 bridgehead atoms. The molecule has 34 heavy (non-hydrogen) atoms. The average Bonchev–Trinajstić information content (AvgIpc) is 2.80. The van der Waals surface area contributed by atoms with Gasteiger partial charge in [0.1, 0.15) is 0 Å². The predicted octanol–water partition coefficient (Wildman–Crippen LogP) is 11.3. The van der Waals surface area contributed by atoms with Crippen LogP contribution in [0.4, 0.5) is 0 Å². The summed E-state index contributed by atoms with van der Waals surface area (Å²) in [6.07, 6.45) is 23.0. The van der Waals surface area contributed by atoms with Gasteiger partial charge in [0.25, 0.3) is 0 Å². The van der Waals surface area contributed by atoms with E-state index in [1.54, 1.807) is 11.1 Å². The Labute approximate surface area is 216 Å². The molecule has 0 fully saturated rings. The van der Waals surface area contributed by atoms with Gasteiger partial charge in [-0.25, -0.2) is 0 Å². The van der Waals surface area contributed by atoms with Crippen LogP contribution in [-0.4, -0.2) is 6.54 Å². The Bertz CT molecular complexity index is 627. The van der Waals surface area contributed by atoms with Gasteiger partial charge in [-0.1, -0.05) is 135 Å². The van der Waals surface area contributed by atoms with Crippen LogP contribution in [0.5, 0.6) is 0 Å². The summed E-state index contributed by atoms with van der Waals surface area (Å²) in [5.74, 6) is 0. The first-order valence-electron chi connectivity index (χ1n) is 14.3. The molecule has 0 aliphatic heterocycles. The number of hydrogen-bond acceptors (Lipinski definition) is 1. The zero-order valence-electron chi connectivity index (χ0n) is 24.8. The van der Waals surface area contributed by atoms with Crippen LogP contribution in [0, 0.1) is 5.41 Å². The lowest BCUT2D eigenvalue weighted by Crippen LogP contribution is -2.25. The SMILES string of the molecule is C=C(C)CNC1=CC(=C)CC(C)(C)C1.CC.CC.CCCCCCCCCC1=CC=C(C)CC1. The molecule has 0 saturated heterocycles. The van der Waals surface area contributed by atoms with Gasteiger partial charge in [-0.2, -0.15) is 0 Å². The number of nitrogens with one attached hydrogen (secondary N) is 1. The summed E-state index contributed by atoms with van der Waals surface area (Å²) in [4.78, 5) is 0. The van der Waals surface area contributed by atoms with Gasteiger partial charge in [0.05, 0.1) is 0 Å². The molecule has 0 amide bonds. The minimum absolute atomic E-state index is 0.350. The number of allylic oxidation sites excluding steroid dienone is 7. The Morgan fingerprint density at radius 3 is 2.00 bits per heavy atom. The van der Waals surface area contributed by atoms with E-state index in [-0.39, 0.29) is 0 Å². The second kappa shape index (κ2) is 22.0. The van der Waals surface area contributed by atoms with Crippen LogP contribution >= 0.6 is 0 Å². The maximum atomic E-state index is 4.05. The summed E-state index contributed by atoms with van der Waals surface area (Å²) >= 11 is 0. The van der Waals surface area contributed by atoms with E-state index in [2.05, 4.69) is 64.4 Å². The molecule has 0 atom stereocenters. The first kappa shape index (κ1) is 34.7. The van der Waals surface area contributed by atoms with Crippen LogP contribution in [0.15, 0.2) is 59.4 Å². The van der Waals surface area contributed by atoms with Gasteiger partial charge in [0.15, 0.2) is 0 Å². The normalized spacial score (nSPS) is 16.1. The molecule has 198 valence electrons. The van der Waals surface area contributed by atoms with E-state index in [1.807, 2.05) is 34.6 Å². The second-order valence-corrected chi connectivity index (χ2v) is 10.4. The third-order valence-corrected chi connectivity index (χ3v) is 5.92. The fourth-order valence-electron chi connectivity index (χ4n) is 4.22. The number of rotatable bonds is 11. The van der Waals surface area contributed by atoms with Crippen molar-refractivity contribution in [3.05, 3.63) is 59.4 Å². The van der Waals surface area contributed by atoms with Crippen molar-refractivity contribution in [2.45, 2.75) is 139 Å². The van der Waals surface area contributed by atoms with E-state index in [0.29, 0.717) is 5.41 Å². The summed E-state index contributed by atoms with van der Waals surface area (Å²) in [6, 6.07) is 0. The smallest absolute Gasteiger partial charge is 0.0351 e. The molecule has 2 rings (SSSR count). The topological polar surface area (TPSA) is 12.0 Å². The van der Waals surface area contributed by atoms with Gasteiger partial charge in [0, 0.05) is 12.2 Å². The van der Waals surface area contributed by atoms with E-state index in [1.165, 1.54) is 81.1 Å². The lowest BCUT2D eigenvalue weighted by Gasteiger charge is -2.31. The molecular weight excluding hydrogens is 410 g/mol. The van der Waals surface area contributed by atoms with E-state index in [4.69, 9.17) is 0 Å². The first-order chi connectivity index (χ1) is 16.2. The summed E-state index contributed by atoms with van der Waals surface area (Å²) in [5.41, 5.74) is 7.27. The van der Waals surface area contributed by atoms with Gasteiger partial charge in [-0.05, 0) is 63.9 Å². The van der Waals surface area contributed by atoms with Crippen molar-refractivity contribution in [1.82, 2.24) is 5.32 Å². The van der Waals surface area contributed by atoms with E-state index in [9.17, 15) is 0 Å². The quantitative estimate of drug-likeness (QED) is 0.233. The van der Waals surface area contributed by atoms with E-state index in [0.717, 1.165) is 19.4 Å². The molecule has 0 heterocycles. The van der Waals surface area contributed by atoms with E-state index >= 15 is 0 Å². The van der Waals surface area contributed by atoms with Crippen LogP contribution < -0.4 is 5.32 Å². The van der Waals surface area contributed by atoms with Crippen LogP contribution in [0.3, 0.4) is 0 Å². The fraction of sp³-hybridized carbons (Fsp3) is 0.697. The fourth-order valence-corrected chi connectivity index (χ4v) is 4.22. The molecule has 0 aromatic rings. The predicted molar refractivity (Wildman–Crippen MR) is 159 cm³/mol. The maximum Gasteiger partial charge on any atom is 0.0351 e. The summed E-state index contributed by atoms with van der Waals surface area (Å²) in [6.45, 7) is 27.9. The molecular formula is C33H61N. The average molecular weight is 472 g/mol. The summed E-state index contributed by atoms with van der Waals surface area (Å²) in [7, 11) is 0. The van der Waals surface area contributed by atoms with Gasteiger partial charge in [-0.15, -0.1) is 0 Å². The molecule has 1 heteroatoms. The summed E-state index contributed by atoms with van der Waals surface area (Å²) in [5, 5.41) is 3.41. The minimum atomic E-state index is 0.350. The standard InChI is InChI=1S/C16H28.C13H21N.2C2H6/c1-3-4-5-6-7-8-9-10-16-13-11-15(2)12-14-16;1-10(2)9-14-12-6-11(3)7-13(4,5)8-12;2*1-2/h11,13H,3-10,12,14H2,1-2H3;6,14H,1,3,7-9H2,2,4-5H3;2*1-2H3. The van der Waals surface area contributed by atoms with Crippen LogP contribution in [0.2, 0.25) is 0 Å². The lowest BCUT2D eigenvalue weighted by molar-refractivity contribution is 0.343. The Morgan fingerprint density at radius 1 is 0.912 bits per heavy atom. The van der Waals surface area contributed by atoms with Crippen molar-refractivity contribution in [3.63, 3.8) is 0 Å². The molecule has 2 aliphatic carbocycles. The van der Waals surface area contributed by atoms with Crippen molar-refractivity contribution in [2.75, 3.05) is 6.54 Å². The van der Waals surface area contributed by atoms with Crippen LogP contribution in [-0.2, 0) is 0 Å². The van der Waals surface area contributed by atoms with Gasteiger partial charge < -0.3 is 5.32 Å². The molecule has 0 spiro atoms. The second-order valence-electron chi connectivity index (χ2n) is 10.4. The first-order valence-corrected chi connectivity index (χ1v) is 14.3. The molecule has 1 N–H and O–H groups in total. The lowest BCUT2D eigenvalue weighted by atomic mass is 9.77.